The Kier molecular flexibility index (Phi) is 6.96. The van der Waals surface area contributed by atoms with E-state index in [0.717, 1.165) is 0 Å². The number of rotatable bonds is 4. The molecule has 2 aliphatic rings. The van der Waals surface area contributed by atoms with Crippen molar-refractivity contribution < 1.29 is 44.8 Å². The van der Waals surface area contributed by atoms with Crippen molar-refractivity contribution in [3.8, 4) is 0 Å². The Hall–Kier alpha value is 0.340. The minimum absolute atomic E-state index is 0.0550. The van der Waals surface area contributed by atoms with Crippen molar-refractivity contribution in [1.29, 1.82) is 0 Å². The van der Waals surface area contributed by atoms with Crippen LogP contribution in [0.15, 0.2) is 0 Å². The first-order valence-corrected chi connectivity index (χ1v) is 8.34. The first-order chi connectivity index (χ1) is 10.8. The van der Waals surface area contributed by atoms with Crippen LogP contribution in [0, 0.1) is 0 Å². The maximum Gasteiger partial charge on any atom is 0.189 e. The van der Waals surface area contributed by atoms with Gasteiger partial charge in [0.15, 0.2) is 12.6 Å². The van der Waals surface area contributed by atoms with Gasteiger partial charge in [-0.05, 0) is 0 Å². The van der Waals surface area contributed by atoms with E-state index < -0.39 is 61.4 Å². The summed E-state index contributed by atoms with van der Waals surface area (Å²) in [6.45, 7) is 0. The molecule has 0 radical (unpaired) electrons. The molecule has 2 heterocycles. The molecule has 2 fully saturated rings. The third-order valence-corrected chi connectivity index (χ3v) is 4.68. The third kappa shape index (κ3) is 3.96. The van der Waals surface area contributed by atoms with E-state index in [1.165, 1.54) is 0 Å². The van der Waals surface area contributed by atoms with Crippen molar-refractivity contribution in [2.24, 2.45) is 0 Å². The number of thiol groups is 2. The number of hydrogen-bond donors (Lipinski definition) is 8. The monoisotopic (exact) mass is 374 g/mol. The number of ether oxygens (including phenoxy) is 3. The first kappa shape index (κ1) is 19.7. The molecule has 0 aromatic heterocycles. The molecule has 0 spiro atoms. The summed E-state index contributed by atoms with van der Waals surface area (Å²) in [5, 5.41) is 58.9. The SMILES string of the molecule is O[C@@H]1[C@@H](O)[C@@H](O[C@H]2O[C@H](CS)[C@@H](O)[C@H](O)[C@H]2O)O[C@H](CS)[C@H]1O. The molecule has 0 aliphatic carbocycles. The van der Waals surface area contributed by atoms with Crippen LogP contribution >= 0.6 is 25.3 Å². The van der Waals surface area contributed by atoms with E-state index in [1.807, 2.05) is 0 Å². The van der Waals surface area contributed by atoms with Crippen LogP contribution in [0.3, 0.4) is 0 Å². The van der Waals surface area contributed by atoms with E-state index in [9.17, 15) is 30.6 Å². The maximum absolute atomic E-state index is 9.93. The zero-order valence-corrected chi connectivity index (χ0v) is 13.8. The Morgan fingerprint density at radius 3 is 1.26 bits per heavy atom. The standard InChI is InChI=1S/C12H22O9S2/c13-5-3(1-22)19-11(9(17)7(5)15)21-12-10(18)8(16)6(14)4(2-23)20-12/h3-18,22-23H,1-2H2/t3-,4-,5-,6-,7+,8+,9-,10-,11-,12-/m1/s1. The Morgan fingerprint density at radius 2 is 0.957 bits per heavy atom. The van der Waals surface area contributed by atoms with Crippen LogP contribution in [0.5, 0.6) is 0 Å². The van der Waals surface area contributed by atoms with Gasteiger partial charge in [0.2, 0.25) is 0 Å². The normalized spacial score (nSPS) is 51.7. The maximum atomic E-state index is 9.93. The quantitative estimate of drug-likeness (QED) is 0.234. The van der Waals surface area contributed by atoms with Crippen LogP contribution in [-0.2, 0) is 14.2 Å². The Bertz CT molecular complexity index is 352. The summed E-state index contributed by atoms with van der Waals surface area (Å²) in [4.78, 5) is 0. The molecule has 0 aromatic rings. The Balaban J connectivity index is 2.07. The van der Waals surface area contributed by atoms with Crippen molar-refractivity contribution in [2.45, 2.75) is 61.4 Å². The molecule has 6 N–H and O–H groups in total. The van der Waals surface area contributed by atoms with Gasteiger partial charge in [-0.2, -0.15) is 25.3 Å². The fourth-order valence-corrected chi connectivity index (χ4v) is 3.10. The van der Waals surface area contributed by atoms with Gasteiger partial charge in [-0.25, -0.2) is 0 Å². The molecule has 23 heavy (non-hydrogen) atoms. The highest BCUT2D eigenvalue weighted by atomic mass is 32.1. The molecule has 2 rings (SSSR count). The van der Waals surface area contributed by atoms with Crippen molar-refractivity contribution >= 4 is 25.3 Å². The van der Waals surface area contributed by atoms with Gasteiger partial charge in [0.25, 0.3) is 0 Å². The van der Waals surface area contributed by atoms with Crippen molar-refractivity contribution in [3.05, 3.63) is 0 Å². The van der Waals surface area contributed by atoms with Crippen LogP contribution in [0.2, 0.25) is 0 Å². The summed E-state index contributed by atoms with van der Waals surface area (Å²) in [6.07, 6.45) is -13.6. The van der Waals surface area contributed by atoms with Crippen LogP contribution in [0.1, 0.15) is 0 Å². The van der Waals surface area contributed by atoms with Gasteiger partial charge in [-0.1, -0.05) is 0 Å². The van der Waals surface area contributed by atoms with E-state index >= 15 is 0 Å². The van der Waals surface area contributed by atoms with E-state index in [-0.39, 0.29) is 11.5 Å². The van der Waals surface area contributed by atoms with Gasteiger partial charge in [-0.15, -0.1) is 0 Å². The molecule has 136 valence electrons. The van der Waals surface area contributed by atoms with E-state index in [0.29, 0.717) is 0 Å². The molecular formula is C12H22O9S2. The fourth-order valence-electron chi connectivity index (χ4n) is 2.49. The number of hydrogen-bond acceptors (Lipinski definition) is 11. The molecule has 10 atom stereocenters. The Morgan fingerprint density at radius 1 is 0.609 bits per heavy atom. The third-order valence-electron chi connectivity index (χ3n) is 3.97. The van der Waals surface area contributed by atoms with Crippen molar-refractivity contribution in [1.82, 2.24) is 0 Å². The van der Waals surface area contributed by atoms with Crippen LogP contribution in [0.4, 0.5) is 0 Å². The second-order valence-corrected chi connectivity index (χ2v) is 6.26. The van der Waals surface area contributed by atoms with Crippen molar-refractivity contribution in [2.75, 3.05) is 11.5 Å². The molecule has 0 amide bonds. The van der Waals surface area contributed by atoms with E-state index in [2.05, 4.69) is 25.3 Å². The summed E-state index contributed by atoms with van der Waals surface area (Å²) >= 11 is 7.95. The predicted molar refractivity (Wildman–Crippen MR) is 82.2 cm³/mol. The largest absolute Gasteiger partial charge is 0.388 e. The molecular weight excluding hydrogens is 352 g/mol. The lowest BCUT2D eigenvalue weighted by Crippen LogP contribution is -2.63. The lowest BCUT2D eigenvalue weighted by molar-refractivity contribution is -0.369. The molecule has 2 saturated heterocycles. The summed E-state index contributed by atoms with van der Waals surface area (Å²) in [6, 6.07) is 0. The second-order valence-electron chi connectivity index (χ2n) is 5.53. The highest BCUT2D eigenvalue weighted by Gasteiger charge is 2.49. The van der Waals surface area contributed by atoms with Crippen LogP contribution in [-0.4, -0.2) is 104 Å². The lowest BCUT2D eigenvalue weighted by Gasteiger charge is -2.44. The molecule has 11 heteroatoms. The van der Waals surface area contributed by atoms with Gasteiger partial charge < -0.3 is 44.8 Å². The molecule has 2 aliphatic heterocycles. The summed E-state index contributed by atoms with van der Waals surface area (Å²) in [7, 11) is 0. The van der Waals surface area contributed by atoms with Gasteiger partial charge in [0.1, 0.15) is 36.6 Å². The van der Waals surface area contributed by atoms with E-state index in [4.69, 9.17) is 14.2 Å². The molecule has 0 aromatic carbocycles. The zero-order chi connectivity index (χ0) is 17.3. The van der Waals surface area contributed by atoms with Crippen LogP contribution in [0.25, 0.3) is 0 Å². The highest BCUT2D eigenvalue weighted by Crippen LogP contribution is 2.28. The van der Waals surface area contributed by atoms with Gasteiger partial charge in [0.05, 0.1) is 12.2 Å². The topological polar surface area (TPSA) is 149 Å². The number of aliphatic hydroxyl groups is 6. The molecule has 0 bridgehead atoms. The first-order valence-electron chi connectivity index (χ1n) is 7.08. The Labute approximate surface area is 143 Å². The summed E-state index contributed by atoms with van der Waals surface area (Å²) in [5.74, 6) is 0.110. The van der Waals surface area contributed by atoms with Gasteiger partial charge >= 0.3 is 0 Å². The van der Waals surface area contributed by atoms with E-state index in [1.54, 1.807) is 0 Å². The fraction of sp³-hybridized carbons (Fsp3) is 1.00. The minimum Gasteiger partial charge on any atom is -0.388 e. The average molecular weight is 374 g/mol. The van der Waals surface area contributed by atoms with Crippen LogP contribution < -0.4 is 0 Å². The molecule has 9 nitrogen and oxygen atoms in total. The van der Waals surface area contributed by atoms with Crippen molar-refractivity contribution in [3.63, 3.8) is 0 Å². The molecule has 0 unspecified atom stereocenters. The summed E-state index contributed by atoms with van der Waals surface area (Å²) < 4.78 is 15.9. The smallest absolute Gasteiger partial charge is 0.189 e. The van der Waals surface area contributed by atoms with Gasteiger partial charge in [0, 0.05) is 11.5 Å². The average Bonchev–Trinajstić information content (AvgIpc) is 2.55. The predicted octanol–water partition coefficient (Wildman–Crippen LogP) is -3.52. The van der Waals surface area contributed by atoms with Gasteiger partial charge in [-0.3, -0.25) is 0 Å². The summed E-state index contributed by atoms with van der Waals surface area (Å²) in [5.41, 5.74) is 0. The molecule has 0 saturated carbocycles. The lowest BCUT2D eigenvalue weighted by atomic mass is 9.98. The minimum atomic E-state index is -1.60. The second kappa shape index (κ2) is 8.15. The number of aliphatic hydroxyl groups excluding tert-OH is 6. The zero-order valence-electron chi connectivity index (χ0n) is 12.0. The highest BCUT2D eigenvalue weighted by molar-refractivity contribution is 7.80.